The van der Waals surface area contributed by atoms with Gasteiger partial charge in [0.15, 0.2) is 0 Å². The van der Waals surface area contributed by atoms with Crippen LogP contribution in [0, 0.1) is 11.3 Å². The van der Waals surface area contributed by atoms with E-state index < -0.39 is 0 Å². The van der Waals surface area contributed by atoms with Crippen LogP contribution >= 0.6 is 15.9 Å². The molecule has 0 fully saturated rings. The molecule has 0 amide bonds. The Bertz CT molecular complexity index is 1170. The molecule has 1 heterocycles. The lowest BCUT2D eigenvalue weighted by Gasteiger charge is -2.10. The first-order valence-electron chi connectivity index (χ1n) is 9.09. The van der Waals surface area contributed by atoms with Gasteiger partial charge in [0.1, 0.15) is 11.8 Å². The third kappa shape index (κ3) is 3.09. The summed E-state index contributed by atoms with van der Waals surface area (Å²) < 4.78 is 9.13. The van der Waals surface area contributed by atoms with Crippen molar-refractivity contribution in [3.8, 4) is 17.5 Å². The third-order valence-corrected chi connectivity index (χ3v) is 5.40. The van der Waals surface area contributed by atoms with Gasteiger partial charge < -0.3 is 9.30 Å². The first-order chi connectivity index (χ1) is 13.2. The predicted octanol–water partition coefficient (Wildman–Crippen LogP) is 6.60. The van der Waals surface area contributed by atoms with Crippen LogP contribution in [0.15, 0.2) is 65.1 Å². The van der Waals surface area contributed by atoms with Crippen LogP contribution in [0.3, 0.4) is 0 Å². The van der Waals surface area contributed by atoms with Gasteiger partial charge in [0, 0.05) is 20.9 Å². The largest absolute Gasteiger partial charge is 0.493 e. The van der Waals surface area contributed by atoms with Crippen LogP contribution in [-0.4, -0.2) is 11.2 Å². The topological polar surface area (TPSA) is 38.0 Å². The predicted molar refractivity (Wildman–Crippen MR) is 114 cm³/mol. The Balaban J connectivity index is 1.99. The molecule has 4 rings (SSSR count). The van der Waals surface area contributed by atoms with E-state index in [-0.39, 0.29) is 0 Å². The number of benzene rings is 3. The van der Waals surface area contributed by atoms with Gasteiger partial charge in [-0.05, 0) is 58.7 Å². The summed E-state index contributed by atoms with van der Waals surface area (Å²) in [7, 11) is 0. The lowest BCUT2D eigenvalue weighted by Crippen LogP contribution is -1.97. The van der Waals surface area contributed by atoms with Crippen molar-refractivity contribution in [1.82, 2.24) is 4.57 Å². The van der Waals surface area contributed by atoms with E-state index in [1.807, 2.05) is 36.4 Å². The number of fused-ring (bicyclic) bond motifs is 3. The van der Waals surface area contributed by atoms with Gasteiger partial charge in [-0.1, -0.05) is 37.6 Å². The highest BCUT2D eigenvalue weighted by atomic mass is 79.9. The first kappa shape index (κ1) is 17.6. The first-order valence-corrected chi connectivity index (χ1v) is 9.89. The molecule has 134 valence electrons. The molecule has 0 saturated carbocycles. The molecule has 0 bridgehead atoms. The average molecular weight is 419 g/mol. The Labute approximate surface area is 166 Å². The number of rotatable bonds is 5. The fraction of sp³-hybridized carbons (Fsp3) is 0.174. The quantitative estimate of drug-likeness (QED) is 0.342. The zero-order chi connectivity index (χ0) is 18.8. The van der Waals surface area contributed by atoms with Crippen molar-refractivity contribution in [1.29, 1.82) is 5.26 Å². The van der Waals surface area contributed by atoms with Gasteiger partial charge in [-0.2, -0.15) is 5.26 Å². The van der Waals surface area contributed by atoms with E-state index in [1.165, 1.54) is 5.39 Å². The summed E-state index contributed by atoms with van der Waals surface area (Å²) in [5, 5.41) is 11.5. The fourth-order valence-corrected chi connectivity index (χ4v) is 3.90. The Hall–Kier alpha value is -2.77. The van der Waals surface area contributed by atoms with Gasteiger partial charge >= 0.3 is 0 Å². The highest BCUT2D eigenvalue weighted by Crippen LogP contribution is 2.38. The van der Waals surface area contributed by atoms with Gasteiger partial charge in [-0.15, -0.1) is 0 Å². The number of nitrogens with zero attached hydrogens (tertiary/aromatic N) is 2. The molecule has 4 aromatic rings. The molecule has 0 spiro atoms. The maximum atomic E-state index is 9.22. The molecule has 3 aromatic carbocycles. The maximum absolute atomic E-state index is 9.22. The van der Waals surface area contributed by atoms with Gasteiger partial charge in [-0.3, -0.25) is 0 Å². The van der Waals surface area contributed by atoms with Crippen LogP contribution in [0.1, 0.15) is 25.3 Å². The van der Waals surface area contributed by atoms with Crippen molar-refractivity contribution in [3.05, 3.63) is 70.7 Å². The lowest BCUT2D eigenvalue weighted by molar-refractivity contribution is 0.313. The molecule has 0 aliphatic carbocycles. The van der Waals surface area contributed by atoms with E-state index in [0.29, 0.717) is 5.56 Å². The SMILES string of the molecule is CCCCOc1cccc2c1c1ccccc1n2-c1ccc(C#N)c(Br)c1. The Morgan fingerprint density at radius 3 is 2.63 bits per heavy atom. The fourth-order valence-electron chi connectivity index (χ4n) is 3.45. The van der Waals surface area contributed by atoms with Crippen LogP contribution in [0.25, 0.3) is 27.5 Å². The minimum atomic E-state index is 0.628. The molecule has 0 N–H and O–H groups in total. The van der Waals surface area contributed by atoms with Crippen molar-refractivity contribution in [3.63, 3.8) is 0 Å². The van der Waals surface area contributed by atoms with Gasteiger partial charge in [0.2, 0.25) is 0 Å². The number of ether oxygens (including phenoxy) is 1. The molecule has 0 saturated heterocycles. The zero-order valence-electron chi connectivity index (χ0n) is 15.1. The number of halogens is 1. The number of aromatic nitrogens is 1. The number of hydrogen-bond acceptors (Lipinski definition) is 2. The molecule has 1 aromatic heterocycles. The monoisotopic (exact) mass is 418 g/mol. The molecule has 0 atom stereocenters. The van der Waals surface area contributed by atoms with E-state index >= 15 is 0 Å². The third-order valence-electron chi connectivity index (χ3n) is 4.75. The molecular formula is C23H19BrN2O. The van der Waals surface area contributed by atoms with E-state index in [1.54, 1.807) is 0 Å². The van der Waals surface area contributed by atoms with E-state index in [2.05, 4.69) is 57.8 Å². The second-order valence-electron chi connectivity index (χ2n) is 6.48. The van der Waals surface area contributed by atoms with Gasteiger partial charge in [-0.25, -0.2) is 0 Å². The van der Waals surface area contributed by atoms with Crippen LogP contribution in [-0.2, 0) is 0 Å². The summed E-state index contributed by atoms with van der Waals surface area (Å²) in [5.41, 5.74) is 3.86. The molecule has 0 aliphatic heterocycles. The molecule has 27 heavy (non-hydrogen) atoms. The number of nitriles is 1. The van der Waals surface area contributed by atoms with Crippen molar-refractivity contribution in [2.24, 2.45) is 0 Å². The average Bonchev–Trinajstić information content (AvgIpc) is 3.03. The van der Waals surface area contributed by atoms with E-state index in [9.17, 15) is 5.26 Å². The second kappa shape index (κ2) is 7.46. The standard InChI is InChI=1S/C23H19BrN2O/c1-2-3-13-27-22-10-6-9-21-23(22)18-7-4-5-8-20(18)26(21)17-12-11-16(15-25)19(24)14-17/h4-12,14H,2-3,13H2,1H3. The molecule has 0 aliphatic rings. The summed E-state index contributed by atoms with van der Waals surface area (Å²) in [5.74, 6) is 0.920. The summed E-state index contributed by atoms with van der Waals surface area (Å²) in [6, 6.07) is 22.6. The number of para-hydroxylation sites is 1. The van der Waals surface area contributed by atoms with Crippen molar-refractivity contribution >= 4 is 37.7 Å². The van der Waals surface area contributed by atoms with Gasteiger partial charge in [0.25, 0.3) is 0 Å². The maximum Gasteiger partial charge on any atom is 0.129 e. The Morgan fingerprint density at radius 2 is 1.85 bits per heavy atom. The zero-order valence-corrected chi connectivity index (χ0v) is 16.7. The Morgan fingerprint density at radius 1 is 1.04 bits per heavy atom. The van der Waals surface area contributed by atoms with E-state index in [4.69, 9.17) is 4.74 Å². The van der Waals surface area contributed by atoms with Crippen LogP contribution in [0.5, 0.6) is 5.75 Å². The van der Waals surface area contributed by atoms with Crippen LogP contribution < -0.4 is 4.74 Å². The highest BCUT2D eigenvalue weighted by molar-refractivity contribution is 9.10. The molecule has 0 radical (unpaired) electrons. The summed E-state index contributed by atoms with van der Waals surface area (Å²) in [6.45, 7) is 2.89. The van der Waals surface area contributed by atoms with Crippen molar-refractivity contribution < 1.29 is 4.74 Å². The number of unbranched alkanes of at least 4 members (excludes halogenated alkanes) is 1. The molecule has 4 heteroatoms. The minimum absolute atomic E-state index is 0.628. The van der Waals surface area contributed by atoms with Gasteiger partial charge in [0.05, 0.1) is 23.2 Å². The van der Waals surface area contributed by atoms with Crippen molar-refractivity contribution in [2.45, 2.75) is 19.8 Å². The van der Waals surface area contributed by atoms with Crippen LogP contribution in [0.2, 0.25) is 0 Å². The Kier molecular flexibility index (Phi) is 4.87. The highest BCUT2D eigenvalue weighted by Gasteiger charge is 2.16. The molecular weight excluding hydrogens is 400 g/mol. The van der Waals surface area contributed by atoms with Crippen LogP contribution in [0.4, 0.5) is 0 Å². The molecule has 3 nitrogen and oxygen atoms in total. The smallest absolute Gasteiger partial charge is 0.129 e. The molecule has 0 unspecified atom stereocenters. The number of hydrogen-bond donors (Lipinski definition) is 0. The summed E-state index contributed by atoms with van der Waals surface area (Å²) >= 11 is 3.52. The summed E-state index contributed by atoms with van der Waals surface area (Å²) in [6.07, 6.45) is 2.15. The lowest BCUT2D eigenvalue weighted by atomic mass is 10.1. The second-order valence-corrected chi connectivity index (χ2v) is 7.34. The van der Waals surface area contributed by atoms with E-state index in [0.717, 1.165) is 51.8 Å². The van der Waals surface area contributed by atoms with Crippen molar-refractivity contribution in [2.75, 3.05) is 6.61 Å². The minimum Gasteiger partial charge on any atom is -0.493 e. The summed E-state index contributed by atoms with van der Waals surface area (Å²) in [4.78, 5) is 0. The normalized spacial score (nSPS) is 11.0.